The van der Waals surface area contributed by atoms with Gasteiger partial charge in [-0.25, -0.2) is 0 Å². The van der Waals surface area contributed by atoms with Crippen LogP contribution in [-0.2, 0) is 4.74 Å². The van der Waals surface area contributed by atoms with Gasteiger partial charge in [-0.05, 0) is 20.0 Å². The fourth-order valence-electron chi connectivity index (χ4n) is 2.35. The summed E-state index contributed by atoms with van der Waals surface area (Å²) in [5.41, 5.74) is 0. The zero-order valence-electron chi connectivity index (χ0n) is 9.74. The first-order valence-electron chi connectivity index (χ1n) is 6.06. The third-order valence-electron chi connectivity index (χ3n) is 3.36. The van der Waals surface area contributed by atoms with E-state index in [4.69, 9.17) is 4.74 Å². The Labute approximate surface area is 92.6 Å². The van der Waals surface area contributed by atoms with E-state index in [0.29, 0.717) is 0 Å². The number of nitrogens with one attached hydrogen (secondary N) is 1. The van der Waals surface area contributed by atoms with E-state index in [0.717, 1.165) is 38.9 Å². The average molecular weight is 213 g/mol. The van der Waals surface area contributed by atoms with Crippen molar-refractivity contribution in [2.24, 2.45) is 0 Å². The van der Waals surface area contributed by atoms with E-state index >= 15 is 0 Å². The maximum atomic E-state index is 5.32. The van der Waals surface area contributed by atoms with Crippen molar-refractivity contribution in [3.8, 4) is 0 Å². The summed E-state index contributed by atoms with van der Waals surface area (Å²) in [6.07, 6.45) is 1.31. The Bertz CT molecular complexity index is 178. The SMILES string of the molecule is CN1CCC(NCCN2CCOCC2)C1. The molecule has 0 spiro atoms. The van der Waals surface area contributed by atoms with Gasteiger partial charge in [0.05, 0.1) is 13.2 Å². The lowest BCUT2D eigenvalue weighted by Crippen LogP contribution is -2.42. The third kappa shape index (κ3) is 3.72. The highest BCUT2D eigenvalue weighted by Crippen LogP contribution is 2.05. The lowest BCUT2D eigenvalue weighted by atomic mass is 10.2. The molecule has 2 heterocycles. The second-order valence-corrected chi connectivity index (χ2v) is 4.66. The molecule has 1 atom stereocenters. The van der Waals surface area contributed by atoms with Crippen LogP contribution in [0.2, 0.25) is 0 Å². The van der Waals surface area contributed by atoms with E-state index in [9.17, 15) is 0 Å². The number of ether oxygens (including phenoxy) is 1. The van der Waals surface area contributed by atoms with Crippen LogP contribution in [-0.4, -0.2) is 75.4 Å². The van der Waals surface area contributed by atoms with Crippen molar-refractivity contribution in [3.05, 3.63) is 0 Å². The molecule has 0 saturated carbocycles. The number of morpholine rings is 1. The van der Waals surface area contributed by atoms with E-state index in [-0.39, 0.29) is 0 Å². The molecule has 4 heteroatoms. The van der Waals surface area contributed by atoms with E-state index in [1.165, 1.54) is 26.1 Å². The fraction of sp³-hybridized carbons (Fsp3) is 1.00. The van der Waals surface area contributed by atoms with Gasteiger partial charge in [0.1, 0.15) is 0 Å². The zero-order chi connectivity index (χ0) is 10.5. The van der Waals surface area contributed by atoms with E-state index in [2.05, 4.69) is 22.2 Å². The van der Waals surface area contributed by atoms with Crippen LogP contribution in [0, 0.1) is 0 Å². The largest absolute Gasteiger partial charge is 0.379 e. The summed E-state index contributed by atoms with van der Waals surface area (Å²) in [4.78, 5) is 4.88. The lowest BCUT2D eigenvalue weighted by Gasteiger charge is -2.27. The fourth-order valence-corrected chi connectivity index (χ4v) is 2.35. The molecule has 0 aromatic carbocycles. The summed E-state index contributed by atoms with van der Waals surface area (Å²) in [7, 11) is 2.20. The van der Waals surface area contributed by atoms with Crippen molar-refractivity contribution in [1.82, 2.24) is 15.1 Å². The molecule has 2 aliphatic heterocycles. The minimum absolute atomic E-state index is 0.719. The van der Waals surface area contributed by atoms with Crippen molar-refractivity contribution in [3.63, 3.8) is 0 Å². The van der Waals surface area contributed by atoms with Gasteiger partial charge in [-0.1, -0.05) is 0 Å². The number of likely N-dealkylation sites (N-methyl/N-ethyl adjacent to an activating group) is 1. The van der Waals surface area contributed by atoms with Crippen molar-refractivity contribution in [2.75, 3.05) is 59.5 Å². The monoisotopic (exact) mass is 213 g/mol. The van der Waals surface area contributed by atoms with Gasteiger partial charge in [0.2, 0.25) is 0 Å². The Kier molecular flexibility index (Phi) is 4.38. The van der Waals surface area contributed by atoms with Crippen molar-refractivity contribution in [1.29, 1.82) is 0 Å². The van der Waals surface area contributed by atoms with Gasteiger partial charge in [-0.2, -0.15) is 0 Å². The number of rotatable bonds is 4. The molecule has 0 aromatic rings. The van der Waals surface area contributed by atoms with Crippen LogP contribution in [0.3, 0.4) is 0 Å². The third-order valence-corrected chi connectivity index (χ3v) is 3.36. The van der Waals surface area contributed by atoms with Crippen LogP contribution in [0.4, 0.5) is 0 Å². The Morgan fingerprint density at radius 1 is 1.27 bits per heavy atom. The molecular formula is C11H23N3O. The minimum atomic E-state index is 0.719. The molecule has 0 amide bonds. The Balaban J connectivity index is 1.54. The maximum absolute atomic E-state index is 5.32. The predicted octanol–water partition coefficient (Wildman–Crippen LogP) is -0.388. The van der Waals surface area contributed by atoms with E-state index in [1.807, 2.05) is 0 Å². The number of hydrogen-bond acceptors (Lipinski definition) is 4. The minimum Gasteiger partial charge on any atom is -0.379 e. The normalized spacial score (nSPS) is 29.8. The molecule has 2 fully saturated rings. The Hall–Kier alpha value is -0.160. The van der Waals surface area contributed by atoms with Gasteiger partial charge in [0.15, 0.2) is 0 Å². The van der Waals surface area contributed by atoms with Crippen LogP contribution in [0.15, 0.2) is 0 Å². The second kappa shape index (κ2) is 5.80. The predicted molar refractivity (Wildman–Crippen MR) is 61.2 cm³/mol. The zero-order valence-corrected chi connectivity index (χ0v) is 9.74. The summed E-state index contributed by atoms with van der Waals surface area (Å²) in [5, 5.41) is 3.64. The van der Waals surface area contributed by atoms with Crippen LogP contribution in [0.25, 0.3) is 0 Å². The Morgan fingerprint density at radius 2 is 2.07 bits per heavy atom. The van der Waals surface area contributed by atoms with Crippen LogP contribution in [0.1, 0.15) is 6.42 Å². The first-order valence-corrected chi connectivity index (χ1v) is 6.06. The lowest BCUT2D eigenvalue weighted by molar-refractivity contribution is 0.0381. The Morgan fingerprint density at radius 3 is 2.73 bits per heavy atom. The van der Waals surface area contributed by atoms with Gasteiger partial charge < -0.3 is 15.0 Å². The molecule has 2 saturated heterocycles. The van der Waals surface area contributed by atoms with Gasteiger partial charge in [-0.3, -0.25) is 4.90 Å². The van der Waals surface area contributed by atoms with E-state index in [1.54, 1.807) is 0 Å². The van der Waals surface area contributed by atoms with Crippen molar-refractivity contribution < 1.29 is 4.74 Å². The van der Waals surface area contributed by atoms with Crippen LogP contribution in [0.5, 0.6) is 0 Å². The highest BCUT2D eigenvalue weighted by Gasteiger charge is 2.18. The average Bonchev–Trinajstić information content (AvgIpc) is 2.66. The summed E-state index contributed by atoms with van der Waals surface area (Å²) in [6.45, 7) is 8.78. The molecule has 2 aliphatic rings. The molecule has 15 heavy (non-hydrogen) atoms. The molecule has 4 nitrogen and oxygen atoms in total. The topological polar surface area (TPSA) is 27.7 Å². The van der Waals surface area contributed by atoms with Gasteiger partial charge >= 0.3 is 0 Å². The molecule has 1 N–H and O–H groups in total. The number of nitrogens with zero attached hydrogens (tertiary/aromatic N) is 2. The number of likely N-dealkylation sites (tertiary alicyclic amines) is 1. The molecule has 2 rings (SSSR count). The van der Waals surface area contributed by atoms with Gasteiger partial charge in [-0.15, -0.1) is 0 Å². The van der Waals surface area contributed by atoms with Crippen LogP contribution >= 0.6 is 0 Å². The highest BCUT2D eigenvalue weighted by atomic mass is 16.5. The van der Waals surface area contributed by atoms with Crippen LogP contribution < -0.4 is 5.32 Å². The molecule has 0 aliphatic carbocycles. The van der Waals surface area contributed by atoms with Crippen molar-refractivity contribution in [2.45, 2.75) is 12.5 Å². The van der Waals surface area contributed by atoms with Crippen molar-refractivity contribution >= 4 is 0 Å². The quantitative estimate of drug-likeness (QED) is 0.688. The standard InChI is InChI=1S/C11H23N3O/c1-13-4-2-11(10-13)12-3-5-14-6-8-15-9-7-14/h11-12H,2-10H2,1H3. The van der Waals surface area contributed by atoms with Gasteiger partial charge in [0.25, 0.3) is 0 Å². The molecule has 1 unspecified atom stereocenters. The highest BCUT2D eigenvalue weighted by molar-refractivity contribution is 4.79. The molecular weight excluding hydrogens is 190 g/mol. The first-order chi connectivity index (χ1) is 7.34. The summed E-state index contributed by atoms with van der Waals surface area (Å²) in [6, 6.07) is 0.719. The van der Waals surface area contributed by atoms with E-state index < -0.39 is 0 Å². The molecule has 0 radical (unpaired) electrons. The maximum Gasteiger partial charge on any atom is 0.0594 e. The molecule has 88 valence electrons. The number of hydrogen-bond donors (Lipinski definition) is 1. The molecule has 0 bridgehead atoms. The summed E-state index contributed by atoms with van der Waals surface area (Å²) >= 11 is 0. The summed E-state index contributed by atoms with van der Waals surface area (Å²) in [5.74, 6) is 0. The smallest absolute Gasteiger partial charge is 0.0594 e. The first kappa shape index (κ1) is 11.3. The van der Waals surface area contributed by atoms with Gasteiger partial charge in [0, 0.05) is 38.8 Å². The second-order valence-electron chi connectivity index (χ2n) is 4.66. The summed E-state index contributed by atoms with van der Waals surface area (Å²) < 4.78 is 5.32. The molecule has 0 aromatic heterocycles.